The van der Waals surface area contributed by atoms with Crippen LogP contribution in [0, 0.1) is 28.9 Å². The van der Waals surface area contributed by atoms with Crippen LogP contribution in [0.4, 0.5) is 11.4 Å². The fourth-order valence-corrected chi connectivity index (χ4v) is 7.37. The highest BCUT2D eigenvalue weighted by Crippen LogP contribution is 2.63. The number of carbonyl (C=O) groups is 3. The minimum Gasteiger partial charge on any atom is -0.274 e. The molecule has 3 amide bonds. The molecule has 0 spiro atoms. The van der Waals surface area contributed by atoms with Gasteiger partial charge in [0, 0.05) is 29.3 Å². The third kappa shape index (κ3) is 4.00. The van der Waals surface area contributed by atoms with Crippen LogP contribution in [0.2, 0.25) is 5.02 Å². The molecule has 8 rings (SSSR count). The summed E-state index contributed by atoms with van der Waals surface area (Å²) in [6, 6.07) is 26.4. The zero-order valence-electron chi connectivity index (χ0n) is 23.4. The van der Waals surface area contributed by atoms with Crippen molar-refractivity contribution >= 4 is 46.9 Å². The van der Waals surface area contributed by atoms with Crippen LogP contribution in [0.1, 0.15) is 39.3 Å². The number of anilines is 1. The predicted octanol–water partition coefficient (Wildman–Crippen LogP) is 5.45. The van der Waals surface area contributed by atoms with Gasteiger partial charge >= 0.3 is 0 Å². The van der Waals surface area contributed by atoms with Crippen molar-refractivity contribution < 1.29 is 19.3 Å². The average Bonchev–Trinajstić information content (AvgIpc) is 3.29. The number of hydrogen-bond acceptors (Lipinski definition) is 6. The Morgan fingerprint density at radius 3 is 2.23 bits per heavy atom. The maximum Gasteiger partial charge on any atom is 0.269 e. The number of benzene rings is 4. The molecule has 3 aliphatic carbocycles. The monoisotopic (exact) mass is 604 g/mol. The summed E-state index contributed by atoms with van der Waals surface area (Å²) in [6.07, 6.45) is 1.55. The van der Waals surface area contributed by atoms with E-state index in [-0.39, 0.29) is 29.8 Å². The van der Waals surface area contributed by atoms with Gasteiger partial charge in [0.05, 0.1) is 34.3 Å². The molecule has 1 heterocycles. The molecule has 0 unspecified atom stereocenters. The molecule has 10 heteroatoms. The van der Waals surface area contributed by atoms with Gasteiger partial charge in [-0.2, -0.15) is 5.10 Å². The minimum absolute atomic E-state index is 0.0526. The van der Waals surface area contributed by atoms with E-state index in [0.29, 0.717) is 16.3 Å². The minimum atomic E-state index is -1.14. The van der Waals surface area contributed by atoms with Crippen molar-refractivity contribution in [3.8, 4) is 0 Å². The molecule has 1 aliphatic heterocycles. The summed E-state index contributed by atoms with van der Waals surface area (Å²) in [4.78, 5) is 53.3. The molecule has 0 saturated carbocycles. The maximum absolute atomic E-state index is 14.4. The molecule has 4 aromatic carbocycles. The van der Waals surface area contributed by atoms with Gasteiger partial charge in [0.25, 0.3) is 5.69 Å². The number of nitrogens with one attached hydrogen (secondary N) is 1. The van der Waals surface area contributed by atoms with Crippen LogP contribution in [0.3, 0.4) is 0 Å². The topological polar surface area (TPSA) is 122 Å². The van der Waals surface area contributed by atoms with Crippen molar-refractivity contribution in [1.82, 2.24) is 5.43 Å². The molecule has 218 valence electrons. The van der Waals surface area contributed by atoms with E-state index in [1.165, 1.54) is 29.2 Å². The highest BCUT2D eigenvalue weighted by molar-refractivity contribution is 6.32. The first-order chi connectivity index (χ1) is 21.2. The lowest BCUT2D eigenvalue weighted by molar-refractivity contribution is -0.384. The highest BCUT2D eigenvalue weighted by Gasteiger charge is 2.68. The Balaban J connectivity index is 1.31. The van der Waals surface area contributed by atoms with Crippen LogP contribution < -0.4 is 10.3 Å². The quantitative estimate of drug-likeness (QED) is 0.136. The molecule has 2 bridgehead atoms. The number of imide groups is 1. The number of carbonyl (C=O) groups excluding carboxylic acids is 3. The summed E-state index contributed by atoms with van der Waals surface area (Å²) in [6.45, 7) is 1.86. The number of halogens is 1. The third-order valence-electron chi connectivity index (χ3n) is 9.07. The van der Waals surface area contributed by atoms with Crippen molar-refractivity contribution in [2.45, 2.75) is 24.7 Å². The molecule has 2 atom stereocenters. The Morgan fingerprint density at radius 2 is 1.61 bits per heavy atom. The Hall–Kier alpha value is -5.15. The largest absolute Gasteiger partial charge is 0.274 e. The maximum atomic E-state index is 14.4. The number of hydrazone groups is 1. The highest BCUT2D eigenvalue weighted by atomic mass is 35.5. The summed E-state index contributed by atoms with van der Waals surface area (Å²) in [5.74, 6) is -2.90. The first kappa shape index (κ1) is 27.7. The van der Waals surface area contributed by atoms with E-state index < -0.39 is 28.1 Å². The molecule has 0 aromatic heterocycles. The second-order valence-corrected chi connectivity index (χ2v) is 11.8. The summed E-state index contributed by atoms with van der Waals surface area (Å²) >= 11 is 6.42. The number of nitro groups is 1. The van der Waals surface area contributed by atoms with Crippen molar-refractivity contribution in [2.75, 3.05) is 4.90 Å². The van der Waals surface area contributed by atoms with E-state index in [2.05, 4.69) is 10.5 Å². The van der Waals surface area contributed by atoms with E-state index >= 15 is 0 Å². The van der Waals surface area contributed by atoms with Gasteiger partial charge in [-0.05, 0) is 52.4 Å². The zero-order valence-corrected chi connectivity index (χ0v) is 24.2. The molecule has 1 fully saturated rings. The summed E-state index contributed by atoms with van der Waals surface area (Å²) in [5.41, 5.74) is 6.84. The molecular weight excluding hydrogens is 580 g/mol. The van der Waals surface area contributed by atoms with E-state index in [1.54, 1.807) is 24.4 Å². The van der Waals surface area contributed by atoms with Gasteiger partial charge in [-0.25, -0.2) is 10.3 Å². The lowest BCUT2D eigenvalue weighted by Gasteiger charge is -2.52. The van der Waals surface area contributed by atoms with Crippen molar-refractivity contribution in [1.29, 1.82) is 0 Å². The summed E-state index contributed by atoms with van der Waals surface area (Å²) < 4.78 is 0. The Bertz CT molecular complexity index is 1870. The SMILES string of the molecule is Cc1ccc(N2C(=O)[C@@H]3C4c5ccccc5C(/C=N\NC(=O)Cc5ccc([N+](=O)[O-])cc5)(c5ccccc54)[C@H]3C2=O)cc1Cl. The van der Waals surface area contributed by atoms with Crippen molar-refractivity contribution in [3.05, 3.63) is 140 Å². The Kier molecular flexibility index (Phi) is 6.44. The lowest BCUT2D eigenvalue weighted by atomic mass is 9.47. The van der Waals surface area contributed by atoms with E-state index in [9.17, 15) is 24.5 Å². The van der Waals surface area contributed by atoms with Crippen LogP contribution in [0.5, 0.6) is 0 Å². The molecule has 0 radical (unpaired) electrons. The summed E-state index contributed by atoms with van der Waals surface area (Å²) in [5, 5.41) is 15.8. The number of amides is 3. The lowest BCUT2D eigenvalue weighted by Crippen LogP contribution is -2.54. The second kappa shape index (κ2) is 10.2. The van der Waals surface area contributed by atoms with Gasteiger partial charge < -0.3 is 0 Å². The number of nitrogens with zero attached hydrogens (tertiary/aromatic N) is 3. The normalized spacial score (nSPS) is 23.0. The Labute approximate surface area is 257 Å². The number of non-ortho nitro benzene ring substituents is 1. The molecular formula is C34H25ClN4O5. The van der Waals surface area contributed by atoms with Gasteiger partial charge in [-0.1, -0.05) is 78.3 Å². The van der Waals surface area contributed by atoms with Gasteiger partial charge in [0.2, 0.25) is 17.7 Å². The standard InChI is InChI=1S/C34H25ClN4O5/c1-19-10-13-22(17-27(19)35)38-32(41)30-29-23-6-2-4-8-25(23)34(31(30)33(38)42,26-9-5-3-7-24(26)29)18-36-37-28(40)16-20-11-14-21(15-12-20)39(43)44/h2-15,17-18,29-31H,16H2,1H3,(H,37,40)/b36-18-/t29?,30-,31-,34?/m1/s1. The van der Waals surface area contributed by atoms with Crippen LogP contribution in [-0.4, -0.2) is 28.9 Å². The second-order valence-electron chi connectivity index (χ2n) is 11.4. The molecule has 9 nitrogen and oxygen atoms in total. The fraction of sp³-hybridized carbons (Fsp3) is 0.176. The summed E-state index contributed by atoms with van der Waals surface area (Å²) in [7, 11) is 0. The van der Waals surface area contributed by atoms with Crippen molar-refractivity contribution in [2.24, 2.45) is 16.9 Å². The van der Waals surface area contributed by atoms with Crippen LogP contribution in [0.15, 0.2) is 96.1 Å². The molecule has 4 aliphatic rings. The van der Waals surface area contributed by atoms with Crippen LogP contribution >= 0.6 is 11.6 Å². The van der Waals surface area contributed by atoms with Crippen molar-refractivity contribution in [3.63, 3.8) is 0 Å². The van der Waals surface area contributed by atoms with Gasteiger partial charge in [-0.3, -0.25) is 24.5 Å². The van der Waals surface area contributed by atoms with Gasteiger partial charge in [-0.15, -0.1) is 0 Å². The van der Waals surface area contributed by atoms with Gasteiger partial charge in [0.1, 0.15) is 0 Å². The molecule has 1 saturated heterocycles. The fourth-order valence-electron chi connectivity index (χ4n) is 7.19. The number of aryl methyl sites for hydroxylation is 1. The first-order valence-electron chi connectivity index (χ1n) is 14.1. The van der Waals surface area contributed by atoms with E-state index in [4.69, 9.17) is 11.6 Å². The first-order valence-corrected chi connectivity index (χ1v) is 14.5. The number of hydrogen-bond donors (Lipinski definition) is 1. The Morgan fingerprint density at radius 1 is 0.977 bits per heavy atom. The number of nitro benzene ring substituents is 1. The molecule has 44 heavy (non-hydrogen) atoms. The molecule has 1 N–H and O–H groups in total. The zero-order chi connectivity index (χ0) is 30.7. The smallest absolute Gasteiger partial charge is 0.269 e. The van der Waals surface area contributed by atoms with Crippen LogP contribution in [-0.2, 0) is 26.2 Å². The predicted molar refractivity (Wildman–Crippen MR) is 165 cm³/mol. The average molecular weight is 605 g/mol. The van der Waals surface area contributed by atoms with E-state index in [0.717, 1.165) is 27.8 Å². The van der Waals surface area contributed by atoms with Gasteiger partial charge in [0.15, 0.2) is 0 Å². The molecule has 4 aromatic rings. The number of rotatable bonds is 6. The third-order valence-corrected chi connectivity index (χ3v) is 9.47. The van der Waals surface area contributed by atoms with Crippen LogP contribution in [0.25, 0.3) is 0 Å². The van der Waals surface area contributed by atoms with E-state index in [1.807, 2.05) is 55.5 Å².